The van der Waals surface area contributed by atoms with Gasteiger partial charge < -0.3 is 9.62 Å². The maximum absolute atomic E-state index is 13.6. The van der Waals surface area contributed by atoms with Crippen LogP contribution in [0.25, 0.3) is 22.0 Å². The quantitative estimate of drug-likeness (QED) is 0.304. The zero-order chi connectivity index (χ0) is 21.3. The molecule has 2 aromatic carbocycles. The summed E-state index contributed by atoms with van der Waals surface area (Å²) in [6, 6.07) is 14.7. The number of rotatable bonds is 7. The van der Waals surface area contributed by atoms with Crippen molar-refractivity contribution in [2.75, 3.05) is 0 Å². The van der Waals surface area contributed by atoms with E-state index in [1.54, 1.807) is 24.3 Å². The van der Waals surface area contributed by atoms with E-state index in [4.69, 9.17) is 4.42 Å². The summed E-state index contributed by atoms with van der Waals surface area (Å²) in [6.45, 7) is 6.60. The Bertz CT molecular complexity index is 1190. The number of aromatic nitrogens is 3. The topological polar surface area (TPSA) is 75.0 Å². The van der Waals surface area contributed by atoms with Crippen LogP contribution in [0.1, 0.15) is 68.5 Å². The number of para-hydroxylation sites is 3. The van der Waals surface area contributed by atoms with Gasteiger partial charge in [-0.3, -0.25) is 0 Å². The van der Waals surface area contributed by atoms with Gasteiger partial charge in [0.15, 0.2) is 0 Å². The molecule has 156 valence electrons. The van der Waals surface area contributed by atoms with Crippen LogP contribution < -0.4 is 4.85 Å². The van der Waals surface area contributed by atoms with E-state index in [0.29, 0.717) is 27.4 Å². The molecule has 0 aliphatic heterocycles. The molecular formula is C24H27N3O3. The highest BCUT2D eigenvalue weighted by molar-refractivity contribution is 6.03. The van der Waals surface area contributed by atoms with Crippen molar-refractivity contribution < 1.29 is 14.1 Å². The van der Waals surface area contributed by atoms with Crippen LogP contribution in [0.2, 0.25) is 0 Å². The van der Waals surface area contributed by atoms with E-state index in [1.807, 2.05) is 24.3 Å². The third-order valence-corrected chi connectivity index (χ3v) is 5.94. The van der Waals surface area contributed by atoms with Crippen LogP contribution in [-0.4, -0.2) is 15.8 Å². The van der Waals surface area contributed by atoms with Crippen LogP contribution in [0.4, 0.5) is 0 Å². The highest BCUT2D eigenvalue weighted by Crippen LogP contribution is 2.39. The molecule has 4 aromatic rings. The molecule has 6 heteroatoms. The molecule has 6 nitrogen and oxygen atoms in total. The summed E-state index contributed by atoms with van der Waals surface area (Å²) in [5, 5.41) is 17.1. The third-order valence-electron chi connectivity index (χ3n) is 5.94. The second-order valence-corrected chi connectivity index (χ2v) is 8.04. The van der Waals surface area contributed by atoms with Crippen molar-refractivity contribution in [3.8, 4) is 0 Å². The van der Waals surface area contributed by atoms with Crippen LogP contribution in [0.5, 0.6) is 0 Å². The predicted octanol–water partition coefficient (Wildman–Crippen LogP) is 5.42. The molecule has 2 unspecified atom stereocenters. The van der Waals surface area contributed by atoms with Crippen LogP contribution in [0, 0.1) is 11.1 Å². The molecule has 30 heavy (non-hydrogen) atoms. The molecule has 2 heterocycles. The first kappa shape index (κ1) is 20.1. The molecule has 0 fully saturated rings. The lowest BCUT2D eigenvalue weighted by Crippen LogP contribution is -2.31. The molecule has 0 saturated carbocycles. The summed E-state index contributed by atoms with van der Waals surface area (Å²) >= 11 is 0. The molecule has 4 rings (SSSR count). The molecule has 2 aromatic heterocycles. The van der Waals surface area contributed by atoms with E-state index in [1.165, 1.54) is 0 Å². The maximum atomic E-state index is 13.6. The molecule has 2 atom stereocenters. The van der Waals surface area contributed by atoms with Crippen molar-refractivity contribution in [1.29, 1.82) is 0 Å². The SMILES string of the molecule is CCCC(CC(C)CC)c1c(C(=O)n2n[n+]([O-])c3ccccc32)oc2ccccc12. The molecule has 0 N–H and O–H groups in total. The second-order valence-electron chi connectivity index (χ2n) is 8.04. The van der Waals surface area contributed by atoms with Gasteiger partial charge in [-0.15, -0.1) is 4.85 Å². The fourth-order valence-electron chi connectivity index (χ4n) is 4.24. The number of carbonyl (C=O) groups excluding carboxylic acids is 1. The number of hydrogen-bond acceptors (Lipinski definition) is 4. The monoisotopic (exact) mass is 405 g/mol. The molecule has 0 saturated heterocycles. The average molecular weight is 405 g/mol. The summed E-state index contributed by atoms with van der Waals surface area (Å²) < 4.78 is 7.26. The fourth-order valence-corrected chi connectivity index (χ4v) is 4.24. The van der Waals surface area contributed by atoms with E-state index in [0.717, 1.165) is 41.3 Å². The summed E-state index contributed by atoms with van der Waals surface area (Å²) in [5.74, 6) is 0.616. The number of benzene rings is 2. The Hall–Kier alpha value is -3.15. The minimum Gasteiger partial charge on any atom is -0.691 e. The zero-order valence-corrected chi connectivity index (χ0v) is 17.7. The normalized spacial score (nSPS) is 13.7. The van der Waals surface area contributed by atoms with Gasteiger partial charge in [-0.2, -0.15) is 0 Å². The Balaban J connectivity index is 1.89. The molecule has 0 aliphatic carbocycles. The lowest BCUT2D eigenvalue weighted by Gasteiger charge is -2.20. The molecule has 0 spiro atoms. The number of carbonyl (C=O) groups is 1. The van der Waals surface area contributed by atoms with Gasteiger partial charge in [0, 0.05) is 10.9 Å². The van der Waals surface area contributed by atoms with Gasteiger partial charge >= 0.3 is 5.91 Å². The fraction of sp³-hybridized carbons (Fsp3) is 0.375. The minimum absolute atomic E-state index is 0.203. The van der Waals surface area contributed by atoms with Gasteiger partial charge in [0.1, 0.15) is 10.8 Å². The van der Waals surface area contributed by atoms with Crippen molar-refractivity contribution in [3.05, 3.63) is 65.1 Å². The minimum atomic E-state index is -0.405. The Morgan fingerprint density at radius 3 is 2.67 bits per heavy atom. The Labute approximate surface area is 175 Å². The predicted molar refractivity (Wildman–Crippen MR) is 116 cm³/mol. The molecule has 0 radical (unpaired) electrons. The van der Waals surface area contributed by atoms with E-state index in [-0.39, 0.29) is 11.7 Å². The van der Waals surface area contributed by atoms with E-state index < -0.39 is 5.91 Å². The highest BCUT2D eigenvalue weighted by Gasteiger charge is 2.33. The van der Waals surface area contributed by atoms with Gasteiger partial charge in [-0.25, -0.2) is 4.79 Å². The van der Waals surface area contributed by atoms with Crippen molar-refractivity contribution in [1.82, 2.24) is 9.90 Å². The van der Waals surface area contributed by atoms with Crippen LogP contribution in [-0.2, 0) is 0 Å². The number of furan rings is 1. The number of fused-ring (bicyclic) bond motifs is 2. The standard InChI is InChI=1S/C24H27N3O3/c1-4-10-17(15-16(3)5-2)22-18-11-6-9-14-21(18)30-23(22)24(28)26-19-12-7-8-13-20(19)27(29)25-26/h6-9,11-14,16-17H,4-5,10,15H2,1-3H3. The van der Waals surface area contributed by atoms with E-state index in [9.17, 15) is 10.0 Å². The van der Waals surface area contributed by atoms with Crippen LogP contribution in [0.15, 0.2) is 52.9 Å². The van der Waals surface area contributed by atoms with Crippen molar-refractivity contribution in [3.63, 3.8) is 0 Å². The summed E-state index contributed by atoms with van der Waals surface area (Å²) in [7, 11) is 0. The first-order valence-electron chi connectivity index (χ1n) is 10.7. The molecule has 0 bridgehead atoms. The average Bonchev–Trinajstić information content (AvgIpc) is 3.31. The number of nitrogens with zero attached hydrogens (tertiary/aromatic N) is 3. The van der Waals surface area contributed by atoms with Crippen molar-refractivity contribution in [2.24, 2.45) is 5.92 Å². The second kappa shape index (κ2) is 8.30. The van der Waals surface area contributed by atoms with Crippen LogP contribution in [0.3, 0.4) is 0 Å². The van der Waals surface area contributed by atoms with Crippen molar-refractivity contribution >= 4 is 27.9 Å². The van der Waals surface area contributed by atoms with Crippen LogP contribution >= 0.6 is 0 Å². The van der Waals surface area contributed by atoms with Crippen molar-refractivity contribution in [2.45, 2.75) is 52.4 Å². The lowest BCUT2D eigenvalue weighted by atomic mass is 9.84. The molecule has 0 amide bonds. The van der Waals surface area contributed by atoms with Gasteiger partial charge in [0.25, 0.3) is 0 Å². The summed E-state index contributed by atoms with van der Waals surface area (Å²) in [6.07, 6.45) is 4.05. The Morgan fingerprint density at radius 1 is 1.17 bits per heavy atom. The number of hydrogen-bond donors (Lipinski definition) is 0. The van der Waals surface area contributed by atoms with Gasteiger partial charge in [-0.1, -0.05) is 68.6 Å². The highest BCUT2D eigenvalue weighted by atomic mass is 16.5. The first-order valence-corrected chi connectivity index (χ1v) is 10.7. The first-order chi connectivity index (χ1) is 14.5. The summed E-state index contributed by atoms with van der Waals surface area (Å²) in [5.41, 5.74) is 2.45. The van der Waals surface area contributed by atoms with Gasteiger partial charge in [-0.05, 0) is 42.9 Å². The molecular weight excluding hydrogens is 378 g/mol. The Kier molecular flexibility index (Phi) is 5.57. The third kappa shape index (κ3) is 3.47. The summed E-state index contributed by atoms with van der Waals surface area (Å²) in [4.78, 5) is 14.1. The smallest absolute Gasteiger partial charge is 0.402 e. The lowest BCUT2D eigenvalue weighted by molar-refractivity contribution is -0.645. The van der Waals surface area contributed by atoms with E-state index in [2.05, 4.69) is 26.0 Å². The molecule has 0 aliphatic rings. The van der Waals surface area contributed by atoms with E-state index >= 15 is 0 Å². The zero-order valence-electron chi connectivity index (χ0n) is 17.7. The maximum Gasteiger partial charge on any atom is 0.402 e. The van der Waals surface area contributed by atoms with Gasteiger partial charge in [0.2, 0.25) is 16.8 Å². The van der Waals surface area contributed by atoms with Gasteiger partial charge in [0.05, 0.1) is 0 Å². The Morgan fingerprint density at radius 2 is 1.90 bits per heavy atom. The largest absolute Gasteiger partial charge is 0.691 e.